The highest BCUT2D eigenvalue weighted by atomic mass is 16.4. The molecule has 1 rings (SSSR count). The Morgan fingerprint density at radius 3 is 2.35 bits per heavy atom. The first-order valence-corrected chi connectivity index (χ1v) is 6.21. The zero-order valence-corrected chi connectivity index (χ0v) is 10.8. The molecule has 0 aliphatic heterocycles. The Balaban J connectivity index is 2.46. The second-order valence-corrected chi connectivity index (χ2v) is 5.12. The van der Waals surface area contributed by atoms with E-state index in [0.717, 1.165) is 19.3 Å². The molecule has 1 atom stereocenters. The maximum atomic E-state index is 11.9. The van der Waals surface area contributed by atoms with Crippen LogP contribution in [0.2, 0.25) is 0 Å². The summed E-state index contributed by atoms with van der Waals surface area (Å²) in [5.41, 5.74) is 0. The number of nitrogens with one attached hydrogen (secondary N) is 1. The summed E-state index contributed by atoms with van der Waals surface area (Å²) in [6.07, 6.45) is 3.02. The Bertz CT molecular complexity index is 287. The van der Waals surface area contributed by atoms with Gasteiger partial charge in [-0.05, 0) is 32.1 Å². The summed E-state index contributed by atoms with van der Waals surface area (Å²) in [6, 6.07) is -0.763. The molecule has 17 heavy (non-hydrogen) atoms. The van der Waals surface area contributed by atoms with Gasteiger partial charge < -0.3 is 15.3 Å². The van der Waals surface area contributed by atoms with E-state index < -0.39 is 12.0 Å². The molecule has 0 aromatic rings. The van der Waals surface area contributed by atoms with Crippen LogP contribution in [0.1, 0.15) is 40.0 Å². The predicted octanol–water partition coefficient (Wildman–Crippen LogP) is 1.68. The molecule has 0 saturated heterocycles. The van der Waals surface area contributed by atoms with Crippen LogP contribution in [0.5, 0.6) is 0 Å². The van der Waals surface area contributed by atoms with Crippen molar-refractivity contribution in [3.63, 3.8) is 0 Å². The van der Waals surface area contributed by atoms with Crippen LogP contribution in [-0.2, 0) is 4.79 Å². The minimum absolute atomic E-state index is 0.247. The van der Waals surface area contributed by atoms with Gasteiger partial charge in [-0.15, -0.1) is 0 Å². The van der Waals surface area contributed by atoms with E-state index in [1.165, 1.54) is 6.92 Å². The SMILES string of the molecule is CC(C)CCN(C(=O)NC(C)C(=O)O)C1CC1. The number of carbonyl (C=O) groups is 2. The normalized spacial score (nSPS) is 16.7. The number of aliphatic carboxylic acids is 1. The van der Waals surface area contributed by atoms with E-state index in [1.807, 2.05) is 0 Å². The molecule has 0 radical (unpaired) electrons. The average molecular weight is 242 g/mol. The minimum atomic E-state index is -1.00. The zero-order chi connectivity index (χ0) is 13.0. The van der Waals surface area contributed by atoms with E-state index >= 15 is 0 Å². The summed E-state index contributed by atoms with van der Waals surface area (Å²) in [4.78, 5) is 24.4. The highest BCUT2D eigenvalue weighted by Gasteiger charge is 2.33. The fourth-order valence-corrected chi connectivity index (χ4v) is 1.56. The third-order valence-electron chi connectivity index (χ3n) is 2.91. The highest BCUT2D eigenvalue weighted by Crippen LogP contribution is 2.27. The monoisotopic (exact) mass is 242 g/mol. The van der Waals surface area contributed by atoms with Gasteiger partial charge in [-0.25, -0.2) is 4.79 Å². The molecule has 5 nitrogen and oxygen atoms in total. The van der Waals surface area contributed by atoms with Crippen LogP contribution in [0.25, 0.3) is 0 Å². The Labute approximate surface area is 102 Å². The second-order valence-electron chi connectivity index (χ2n) is 5.12. The fraction of sp³-hybridized carbons (Fsp3) is 0.833. The summed E-state index contributed by atoms with van der Waals surface area (Å²) in [6.45, 7) is 6.42. The fourth-order valence-electron chi connectivity index (χ4n) is 1.56. The lowest BCUT2D eigenvalue weighted by atomic mass is 10.1. The summed E-state index contributed by atoms with van der Waals surface area (Å²) in [7, 11) is 0. The van der Waals surface area contributed by atoms with Gasteiger partial charge in [0.25, 0.3) is 0 Å². The topological polar surface area (TPSA) is 69.6 Å². The van der Waals surface area contributed by atoms with Gasteiger partial charge in [-0.2, -0.15) is 0 Å². The van der Waals surface area contributed by atoms with Crippen LogP contribution in [0.4, 0.5) is 4.79 Å². The molecule has 1 aliphatic carbocycles. The number of carboxylic acid groups (broad SMARTS) is 1. The van der Waals surface area contributed by atoms with Crippen molar-refractivity contribution in [2.75, 3.05) is 6.54 Å². The molecule has 2 N–H and O–H groups in total. The van der Waals surface area contributed by atoms with Crippen molar-refractivity contribution in [3.05, 3.63) is 0 Å². The first kappa shape index (κ1) is 13.8. The van der Waals surface area contributed by atoms with Gasteiger partial charge in [0.15, 0.2) is 0 Å². The van der Waals surface area contributed by atoms with Crippen LogP contribution >= 0.6 is 0 Å². The highest BCUT2D eigenvalue weighted by molar-refractivity contribution is 5.82. The van der Waals surface area contributed by atoms with Crippen molar-refractivity contribution >= 4 is 12.0 Å². The maximum Gasteiger partial charge on any atom is 0.325 e. The number of urea groups is 1. The van der Waals surface area contributed by atoms with Gasteiger partial charge in [-0.1, -0.05) is 13.8 Å². The molecule has 1 saturated carbocycles. The average Bonchev–Trinajstić information content (AvgIpc) is 3.01. The van der Waals surface area contributed by atoms with Crippen molar-refractivity contribution in [2.45, 2.75) is 52.1 Å². The van der Waals surface area contributed by atoms with Crippen LogP contribution in [0, 0.1) is 5.92 Å². The lowest BCUT2D eigenvalue weighted by molar-refractivity contribution is -0.138. The standard InChI is InChI=1S/C12H22N2O3/c1-8(2)6-7-14(10-4-5-10)12(17)13-9(3)11(15)16/h8-10H,4-7H2,1-3H3,(H,13,17)(H,15,16). The molecule has 0 aromatic heterocycles. The number of hydrogen-bond donors (Lipinski definition) is 2. The van der Waals surface area contributed by atoms with E-state index in [0.29, 0.717) is 18.5 Å². The molecular formula is C12H22N2O3. The lowest BCUT2D eigenvalue weighted by Crippen LogP contribution is -2.48. The number of amides is 2. The van der Waals surface area contributed by atoms with Gasteiger partial charge in [0, 0.05) is 12.6 Å². The molecule has 5 heteroatoms. The molecule has 0 heterocycles. The van der Waals surface area contributed by atoms with Crippen LogP contribution < -0.4 is 5.32 Å². The van der Waals surface area contributed by atoms with E-state index in [4.69, 9.17) is 5.11 Å². The van der Waals surface area contributed by atoms with Crippen molar-refractivity contribution in [1.29, 1.82) is 0 Å². The first-order chi connectivity index (χ1) is 7.91. The quantitative estimate of drug-likeness (QED) is 0.744. The molecule has 0 bridgehead atoms. The Morgan fingerprint density at radius 2 is 1.94 bits per heavy atom. The number of hydrogen-bond acceptors (Lipinski definition) is 2. The van der Waals surface area contributed by atoms with Gasteiger partial charge in [0.05, 0.1) is 0 Å². The molecule has 1 unspecified atom stereocenters. The summed E-state index contributed by atoms with van der Waals surface area (Å²) in [5.74, 6) is -0.459. The van der Waals surface area contributed by atoms with Crippen LogP contribution in [0.3, 0.4) is 0 Å². The van der Waals surface area contributed by atoms with Gasteiger partial charge in [-0.3, -0.25) is 4.79 Å². The molecule has 1 aliphatic rings. The van der Waals surface area contributed by atoms with Crippen molar-refractivity contribution in [1.82, 2.24) is 10.2 Å². The third kappa shape index (κ3) is 4.63. The molecule has 98 valence electrons. The van der Waals surface area contributed by atoms with Crippen LogP contribution in [0.15, 0.2) is 0 Å². The Hall–Kier alpha value is -1.26. The molecule has 1 fully saturated rings. The number of rotatable bonds is 6. The first-order valence-electron chi connectivity index (χ1n) is 6.21. The summed E-state index contributed by atoms with van der Waals surface area (Å²) >= 11 is 0. The maximum absolute atomic E-state index is 11.9. The minimum Gasteiger partial charge on any atom is -0.480 e. The predicted molar refractivity (Wildman–Crippen MR) is 64.8 cm³/mol. The second kappa shape index (κ2) is 5.89. The van der Waals surface area contributed by atoms with Gasteiger partial charge in [0.2, 0.25) is 0 Å². The molecule has 2 amide bonds. The van der Waals surface area contributed by atoms with Gasteiger partial charge >= 0.3 is 12.0 Å². The largest absolute Gasteiger partial charge is 0.480 e. The Morgan fingerprint density at radius 1 is 1.35 bits per heavy atom. The lowest BCUT2D eigenvalue weighted by Gasteiger charge is -2.24. The van der Waals surface area contributed by atoms with E-state index in [1.54, 1.807) is 4.90 Å². The Kier molecular flexibility index (Phi) is 4.78. The van der Waals surface area contributed by atoms with Crippen molar-refractivity contribution in [3.8, 4) is 0 Å². The molecule has 0 spiro atoms. The van der Waals surface area contributed by atoms with E-state index in [9.17, 15) is 9.59 Å². The zero-order valence-electron chi connectivity index (χ0n) is 10.8. The molecule has 0 aromatic carbocycles. The number of nitrogens with zero attached hydrogens (tertiary/aromatic N) is 1. The summed E-state index contributed by atoms with van der Waals surface area (Å²) in [5, 5.41) is 11.3. The third-order valence-corrected chi connectivity index (χ3v) is 2.91. The number of carboxylic acids is 1. The van der Waals surface area contributed by atoms with Crippen molar-refractivity contribution < 1.29 is 14.7 Å². The van der Waals surface area contributed by atoms with E-state index in [-0.39, 0.29) is 6.03 Å². The van der Waals surface area contributed by atoms with Gasteiger partial charge in [0.1, 0.15) is 6.04 Å². The smallest absolute Gasteiger partial charge is 0.325 e. The molecular weight excluding hydrogens is 220 g/mol. The summed E-state index contributed by atoms with van der Waals surface area (Å²) < 4.78 is 0. The van der Waals surface area contributed by atoms with E-state index in [2.05, 4.69) is 19.2 Å². The van der Waals surface area contributed by atoms with Crippen molar-refractivity contribution in [2.24, 2.45) is 5.92 Å². The van der Waals surface area contributed by atoms with Crippen LogP contribution in [-0.4, -0.2) is 40.6 Å². The number of carbonyl (C=O) groups excluding carboxylic acids is 1.